The van der Waals surface area contributed by atoms with Crippen LogP contribution in [0.5, 0.6) is 0 Å². The fourth-order valence-corrected chi connectivity index (χ4v) is 3.87. The second-order valence-corrected chi connectivity index (χ2v) is 7.69. The highest BCUT2D eigenvalue weighted by Crippen LogP contribution is 2.27. The first kappa shape index (κ1) is 17.3. The largest absolute Gasteiger partial charge is 0.348 e. The summed E-state index contributed by atoms with van der Waals surface area (Å²) in [5.41, 5.74) is 4.34. The van der Waals surface area contributed by atoms with E-state index < -0.39 is 0 Å². The van der Waals surface area contributed by atoms with Crippen LogP contribution in [0.3, 0.4) is 0 Å². The lowest BCUT2D eigenvalue weighted by atomic mass is 9.98. The Balaban J connectivity index is 1.47. The van der Waals surface area contributed by atoms with Crippen molar-refractivity contribution in [1.82, 2.24) is 14.9 Å². The van der Waals surface area contributed by atoms with Gasteiger partial charge in [-0.1, -0.05) is 17.7 Å². The summed E-state index contributed by atoms with van der Waals surface area (Å²) in [5.74, 6) is 1.42. The first-order chi connectivity index (χ1) is 12.6. The number of fused-ring (bicyclic) bond motifs is 1. The molecule has 2 aromatic carbocycles. The van der Waals surface area contributed by atoms with Gasteiger partial charge in [0.25, 0.3) is 0 Å². The van der Waals surface area contributed by atoms with Crippen LogP contribution in [0.2, 0.25) is 5.02 Å². The maximum atomic E-state index is 5.95. The van der Waals surface area contributed by atoms with Crippen LogP contribution in [-0.2, 0) is 0 Å². The predicted molar refractivity (Wildman–Crippen MR) is 112 cm³/mol. The molecule has 4 nitrogen and oxygen atoms in total. The normalized spacial score (nSPS) is 17.5. The highest BCUT2D eigenvalue weighted by atomic mass is 35.5. The van der Waals surface area contributed by atoms with Crippen molar-refractivity contribution in [3.05, 3.63) is 58.9 Å². The number of aromatic amines is 1. The van der Waals surface area contributed by atoms with E-state index in [2.05, 4.69) is 40.3 Å². The highest BCUT2D eigenvalue weighted by molar-refractivity contribution is 7.80. The van der Waals surface area contributed by atoms with Crippen LogP contribution in [0.4, 0.5) is 5.69 Å². The maximum Gasteiger partial charge on any atom is 0.173 e. The van der Waals surface area contributed by atoms with Gasteiger partial charge in [0, 0.05) is 29.7 Å². The number of hydrogen-bond acceptors (Lipinski definition) is 2. The molecule has 0 saturated carbocycles. The molecule has 0 spiro atoms. The van der Waals surface area contributed by atoms with Gasteiger partial charge in [0.15, 0.2) is 5.11 Å². The van der Waals surface area contributed by atoms with Crippen molar-refractivity contribution < 1.29 is 0 Å². The Morgan fingerprint density at radius 1 is 1.27 bits per heavy atom. The minimum absolute atomic E-state index is 0.362. The van der Waals surface area contributed by atoms with Crippen molar-refractivity contribution in [2.45, 2.75) is 25.7 Å². The van der Waals surface area contributed by atoms with Crippen LogP contribution in [0.25, 0.3) is 11.0 Å². The number of piperidine rings is 1. The molecule has 1 atom stereocenters. The summed E-state index contributed by atoms with van der Waals surface area (Å²) in [4.78, 5) is 10.5. The molecule has 1 aliphatic heterocycles. The fraction of sp³-hybridized carbons (Fsp3) is 0.300. The summed E-state index contributed by atoms with van der Waals surface area (Å²) in [6.07, 6.45) is 2.22. The number of hydrogen-bond donors (Lipinski definition) is 2. The number of rotatable bonds is 2. The second-order valence-electron chi connectivity index (χ2n) is 6.86. The van der Waals surface area contributed by atoms with Crippen molar-refractivity contribution >= 4 is 45.7 Å². The van der Waals surface area contributed by atoms with Gasteiger partial charge in [-0.3, -0.25) is 0 Å². The Morgan fingerprint density at radius 2 is 2.08 bits per heavy atom. The van der Waals surface area contributed by atoms with Gasteiger partial charge < -0.3 is 15.2 Å². The summed E-state index contributed by atoms with van der Waals surface area (Å²) in [6, 6.07) is 13.9. The van der Waals surface area contributed by atoms with Gasteiger partial charge in [0.1, 0.15) is 5.82 Å². The number of anilines is 1. The molecule has 0 radical (unpaired) electrons. The zero-order valence-electron chi connectivity index (χ0n) is 14.6. The van der Waals surface area contributed by atoms with Gasteiger partial charge in [-0.2, -0.15) is 0 Å². The SMILES string of the molecule is Cc1ccc2nc([C@@H]3CCCN(C(=S)Nc4ccc(Cl)cc4)C3)[nH]c2c1. The molecule has 2 heterocycles. The summed E-state index contributed by atoms with van der Waals surface area (Å²) in [6.45, 7) is 3.94. The smallest absolute Gasteiger partial charge is 0.173 e. The molecule has 6 heteroatoms. The molecule has 4 rings (SSSR count). The molecule has 2 N–H and O–H groups in total. The first-order valence-corrected chi connectivity index (χ1v) is 9.65. The summed E-state index contributed by atoms with van der Waals surface area (Å²) in [7, 11) is 0. The first-order valence-electron chi connectivity index (χ1n) is 8.86. The standard InChI is InChI=1S/C20H21ClN4S/c1-13-4-9-17-18(11-13)24-19(23-17)14-3-2-10-25(12-14)20(26)22-16-7-5-15(21)6-8-16/h4-9,11,14H,2-3,10,12H2,1H3,(H,22,26)(H,23,24)/t14-/m1/s1. The van der Waals surface area contributed by atoms with E-state index in [0.29, 0.717) is 5.92 Å². The predicted octanol–water partition coefficient (Wildman–Crippen LogP) is 5.10. The van der Waals surface area contributed by atoms with E-state index in [1.54, 1.807) is 0 Å². The number of halogens is 1. The van der Waals surface area contributed by atoms with E-state index in [1.807, 2.05) is 24.3 Å². The number of imidazole rings is 1. The Hall–Kier alpha value is -2.11. The summed E-state index contributed by atoms with van der Waals surface area (Å²) < 4.78 is 0. The van der Waals surface area contributed by atoms with E-state index in [4.69, 9.17) is 28.8 Å². The topological polar surface area (TPSA) is 44.0 Å². The quantitative estimate of drug-likeness (QED) is 0.603. The molecule has 1 saturated heterocycles. The number of nitrogens with zero attached hydrogens (tertiary/aromatic N) is 2. The van der Waals surface area contributed by atoms with Crippen LogP contribution >= 0.6 is 23.8 Å². The Bertz CT molecular complexity index is 935. The van der Waals surface area contributed by atoms with Gasteiger partial charge in [-0.25, -0.2) is 4.98 Å². The lowest BCUT2D eigenvalue weighted by Gasteiger charge is -2.33. The molecule has 0 amide bonds. The van der Waals surface area contributed by atoms with E-state index in [0.717, 1.165) is 58.6 Å². The van der Waals surface area contributed by atoms with Gasteiger partial charge in [0.2, 0.25) is 0 Å². The van der Waals surface area contributed by atoms with Crippen LogP contribution in [0.15, 0.2) is 42.5 Å². The van der Waals surface area contributed by atoms with Gasteiger partial charge in [0.05, 0.1) is 11.0 Å². The second kappa shape index (κ2) is 7.25. The molecule has 1 fully saturated rings. The molecule has 0 bridgehead atoms. The molecule has 1 aliphatic rings. The number of benzene rings is 2. The van der Waals surface area contributed by atoms with E-state index in [9.17, 15) is 0 Å². The number of likely N-dealkylation sites (tertiary alicyclic amines) is 1. The minimum Gasteiger partial charge on any atom is -0.348 e. The van der Waals surface area contributed by atoms with Crippen LogP contribution in [0, 0.1) is 6.92 Å². The molecular weight excluding hydrogens is 364 g/mol. The van der Waals surface area contributed by atoms with E-state index in [1.165, 1.54) is 5.56 Å². The maximum absolute atomic E-state index is 5.95. The zero-order valence-corrected chi connectivity index (χ0v) is 16.2. The average Bonchev–Trinajstić information content (AvgIpc) is 3.07. The summed E-state index contributed by atoms with van der Waals surface area (Å²) >= 11 is 11.6. The van der Waals surface area contributed by atoms with Crippen LogP contribution < -0.4 is 5.32 Å². The molecule has 26 heavy (non-hydrogen) atoms. The highest BCUT2D eigenvalue weighted by Gasteiger charge is 2.25. The molecule has 0 aliphatic carbocycles. The molecule has 134 valence electrons. The van der Waals surface area contributed by atoms with Crippen LogP contribution in [0.1, 0.15) is 30.1 Å². The molecule has 0 unspecified atom stereocenters. The van der Waals surface area contributed by atoms with Crippen molar-refractivity contribution in [3.63, 3.8) is 0 Å². The van der Waals surface area contributed by atoms with E-state index in [-0.39, 0.29) is 0 Å². The monoisotopic (exact) mass is 384 g/mol. The number of aryl methyl sites for hydroxylation is 1. The molecular formula is C20H21ClN4S. The van der Waals surface area contributed by atoms with E-state index >= 15 is 0 Å². The molecule has 3 aromatic rings. The molecule has 1 aromatic heterocycles. The van der Waals surface area contributed by atoms with Gasteiger partial charge in [-0.15, -0.1) is 0 Å². The summed E-state index contributed by atoms with van der Waals surface area (Å²) in [5, 5.41) is 4.79. The van der Waals surface area contributed by atoms with Gasteiger partial charge in [-0.05, 0) is 73.9 Å². The lowest BCUT2D eigenvalue weighted by Crippen LogP contribution is -2.41. The number of H-pyrrole nitrogens is 1. The van der Waals surface area contributed by atoms with Crippen molar-refractivity contribution in [2.75, 3.05) is 18.4 Å². The lowest BCUT2D eigenvalue weighted by molar-refractivity contribution is 0.307. The Morgan fingerprint density at radius 3 is 2.88 bits per heavy atom. The van der Waals surface area contributed by atoms with Crippen molar-refractivity contribution in [3.8, 4) is 0 Å². The minimum atomic E-state index is 0.362. The third-order valence-corrected chi connectivity index (χ3v) is 5.46. The van der Waals surface area contributed by atoms with Gasteiger partial charge >= 0.3 is 0 Å². The van der Waals surface area contributed by atoms with Crippen LogP contribution in [-0.4, -0.2) is 33.1 Å². The zero-order chi connectivity index (χ0) is 18.1. The van der Waals surface area contributed by atoms with Crippen molar-refractivity contribution in [1.29, 1.82) is 0 Å². The average molecular weight is 385 g/mol. The Kier molecular flexibility index (Phi) is 4.83. The number of nitrogens with one attached hydrogen (secondary N) is 2. The number of aromatic nitrogens is 2. The third kappa shape index (κ3) is 3.69. The van der Waals surface area contributed by atoms with Crippen molar-refractivity contribution in [2.24, 2.45) is 0 Å². The third-order valence-electron chi connectivity index (χ3n) is 4.85. The fourth-order valence-electron chi connectivity index (χ4n) is 3.46. The number of thiocarbonyl (C=S) groups is 1. The Labute approximate surface area is 163 Å².